The third-order valence-electron chi connectivity index (χ3n) is 4.55. The quantitative estimate of drug-likeness (QED) is 0.828. The molecule has 2 amide bonds. The van der Waals surface area contributed by atoms with Crippen LogP contribution in [-0.2, 0) is 14.3 Å². The Kier molecular flexibility index (Phi) is 6.56. The first kappa shape index (κ1) is 19.0. The maximum Gasteiger partial charge on any atom is 0.325 e. The second-order valence-corrected chi connectivity index (χ2v) is 6.64. The molecule has 0 spiro atoms. The summed E-state index contributed by atoms with van der Waals surface area (Å²) >= 11 is 0. The maximum absolute atomic E-state index is 12.3. The Labute approximate surface area is 148 Å². The lowest BCUT2D eigenvalue weighted by Crippen LogP contribution is -2.49. The van der Waals surface area contributed by atoms with Gasteiger partial charge in [-0.3, -0.25) is 14.4 Å². The number of carbonyl (C=O) groups is 3. The fourth-order valence-electron chi connectivity index (χ4n) is 3.14. The van der Waals surface area contributed by atoms with Crippen LogP contribution < -0.4 is 5.32 Å². The first-order valence-electron chi connectivity index (χ1n) is 8.70. The predicted molar refractivity (Wildman–Crippen MR) is 94.1 cm³/mol. The van der Waals surface area contributed by atoms with Crippen LogP contribution in [0.1, 0.15) is 49.0 Å². The summed E-state index contributed by atoms with van der Waals surface area (Å²) in [5.74, 6) is -1.15. The number of amides is 2. The topological polar surface area (TPSA) is 75.7 Å². The number of benzene rings is 1. The minimum atomic E-state index is -0.619. The molecule has 2 unspecified atom stereocenters. The Balaban J connectivity index is 1.75. The van der Waals surface area contributed by atoms with Gasteiger partial charge in [-0.15, -0.1) is 0 Å². The molecule has 6 nitrogen and oxygen atoms in total. The maximum atomic E-state index is 12.3. The minimum Gasteiger partial charge on any atom is -0.454 e. The minimum absolute atomic E-state index is 0.163. The highest BCUT2D eigenvalue weighted by Crippen LogP contribution is 2.22. The van der Waals surface area contributed by atoms with Gasteiger partial charge in [-0.05, 0) is 52.2 Å². The molecule has 1 aromatic carbocycles. The number of carbonyl (C=O) groups excluding carboxylic acids is 3. The number of hydrogen-bond donors (Lipinski definition) is 1. The summed E-state index contributed by atoms with van der Waals surface area (Å²) < 4.78 is 5.01. The average molecular weight is 346 g/mol. The van der Waals surface area contributed by atoms with Crippen molar-refractivity contribution in [3.63, 3.8) is 0 Å². The molecule has 0 radical (unpaired) electrons. The van der Waals surface area contributed by atoms with E-state index in [1.165, 1.54) is 0 Å². The largest absolute Gasteiger partial charge is 0.454 e. The zero-order valence-corrected chi connectivity index (χ0v) is 15.1. The summed E-state index contributed by atoms with van der Waals surface area (Å²) in [7, 11) is 0. The second-order valence-electron chi connectivity index (χ2n) is 6.64. The number of hydrogen-bond acceptors (Lipinski definition) is 4. The van der Waals surface area contributed by atoms with Gasteiger partial charge < -0.3 is 15.0 Å². The molecule has 0 saturated carbocycles. The van der Waals surface area contributed by atoms with E-state index < -0.39 is 5.97 Å². The van der Waals surface area contributed by atoms with E-state index >= 15 is 0 Å². The van der Waals surface area contributed by atoms with Gasteiger partial charge in [0.05, 0.1) is 0 Å². The van der Waals surface area contributed by atoms with Crippen LogP contribution in [0.15, 0.2) is 24.3 Å². The van der Waals surface area contributed by atoms with Crippen molar-refractivity contribution in [2.24, 2.45) is 0 Å². The van der Waals surface area contributed by atoms with Gasteiger partial charge in [0.25, 0.3) is 11.8 Å². The van der Waals surface area contributed by atoms with Crippen molar-refractivity contribution < 1.29 is 19.1 Å². The van der Waals surface area contributed by atoms with E-state index in [1.807, 2.05) is 32.9 Å². The van der Waals surface area contributed by atoms with Crippen molar-refractivity contribution in [2.45, 2.75) is 52.1 Å². The Morgan fingerprint density at radius 3 is 2.32 bits per heavy atom. The predicted octanol–water partition coefficient (Wildman–Crippen LogP) is 2.06. The molecule has 0 bridgehead atoms. The SMILES string of the molecule is Cc1ccc(C(=O)NCC(=O)OCC(=O)N2C(C)CCCC2C)cc1. The molecule has 1 aliphatic heterocycles. The van der Waals surface area contributed by atoms with Crippen LogP contribution in [0.5, 0.6) is 0 Å². The second kappa shape index (κ2) is 8.65. The van der Waals surface area contributed by atoms with Crippen LogP contribution in [0, 0.1) is 6.92 Å². The number of ether oxygens (including phenoxy) is 1. The van der Waals surface area contributed by atoms with Crippen molar-refractivity contribution in [1.82, 2.24) is 10.2 Å². The molecule has 2 atom stereocenters. The van der Waals surface area contributed by atoms with E-state index in [1.54, 1.807) is 17.0 Å². The van der Waals surface area contributed by atoms with Crippen LogP contribution in [0.25, 0.3) is 0 Å². The van der Waals surface area contributed by atoms with E-state index in [4.69, 9.17) is 4.74 Å². The van der Waals surface area contributed by atoms with Crippen molar-refractivity contribution in [3.05, 3.63) is 35.4 Å². The molecule has 1 N–H and O–H groups in total. The zero-order chi connectivity index (χ0) is 18.4. The summed E-state index contributed by atoms with van der Waals surface area (Å²) in [6.07, 6.45) is 3.05. The molecule has 0 aromatic heterocycles. The Morgan fingerprint density at radius 2 is 1.72 bits per heavy atom. The molecule has 1 aliphatic rings. The number of aryl methyl sites for hydroxylation is 1. The molecule has 1 saturated heterocycles. The smallest absolute Gasteiger partial charge is 0.325 e. The molecule has 1 aromatic rings. The summed E-state index contributed by atoms with van der Waals surface area (Å²) in [5, 5.41) is 2.50. The van der Waals surface area contributed by atoms with Gasteiger partial charge in [0.1, 0.15) is 6.54 Å². The zero-order valence-electron chi connectivity index (χ0n) is 15.1. The van der Waals surface area contributed by atoms with Crippen LogP contribution in [0.3, 0.4) is 0 Å². The molecule has 0 aliphatic carbocycles. The molecule has 1 heterocycles. The van der Waals surface area contributed by atoms with Crippen LogP contribution >= 0.6 is 0 Å². The molecule has 1 fully saturated rings. The molecule has 25 heavy (non-hydrogen) atoms. The summed E-state index contributed by atoms with van der Waals surface area (Å²) in [6, 6.07) is 7.36. The number of nitrogens with zero attached hydrogens (tertiary/aromatic N) is 1. The molecular formula is C19H26N2O4. The summed E-state index contributed by atoms with van der Waals surface area (Å²) in [4.78, 5) is 37.8. The fraction of sp³-hybridized carbons (Fsp3) is 0.526. The lowest BCUT2D eigenvalue weighted by atomic mass is 9.97. The van der Waals surface area contributed by atoms with E-state index in [2.05, 4.69) is 5.32 Å². The van der Waals surface area contributed by atoms with Crippen LogP contribution in [-0.4, -0.2) is 47.9 Å². The number of esters is 1. The highest BCUT2D eigenvalue weighted by atomic mass is 16.5. The van der Waals surface area contributed by atoms with Gasteiger partial charge in [-0.1, -0.05) is 17.7 Å². The van der Waals surface area contributed by atoms with Gasteiger partial charge in [0, 0.05) is 17.6 Å². The van der Waals surface area contributed by atoms with E-state index in [0.717, 1.165) is 24.8 Å². The molecule has 136 valence electrons. The van der Waals surface area contributed by atoms with Crippen molar-refractivity contribution in [2.75, 3.05) is 13.2 Å². The lowest BCUT2D eigenvalue weighted by molar-refractivity contribution is -0.154. The highest BCUT2D eigenvalue weighted by Gasteiger charge is 2.29. The highest BCUT2D eigenvalue weighted by molar-refractivity contribution is 5.96. The molecule has 6 heteroatoms. The monoisotopic (exact) mass is 346 g/mol. The third-order valence-corrected chi connectivity index (χ3v) is 4.55. The number of nitrogens with one attached hydrogen (secondary N) is 1. The fourth-order valence-corrected chi connectivity index (χ4v) is 3.14. The number of rotatable bonds is 5. The van der Waals surface area contributed by atoms with Gasteiger partial charge in [-0.2, -0.15) is 0 Å². The molecule has 2 rings (SSSR count). The van der Waals surface area contributed by atoms with Crippen LogP contribution in [0.4, 0.5) is 0 Å². The first-order chi connectivity index (χ1) is 11.9. The van der Waals surface area contributed by atoms with E-state index in [-0.39, 0.29) is 37.0 Å². The normalized spacial score (nSPS) is 20.0. The van der Waals surface area contributed by atoms with Crippen molar-refractivity contribution in [3.8, 4) is 0 Å². The Hall–Kier alpha value is -2.37. The lowest BCUT2D eigenvalue weighted by Gasteiger charge is -2.38. The van der Waals surface area contributed by atoms with Crippen molar-refractivity contribution >= 4 is 17.8 Å². The third kappa shape index (κ3) is 5.31. The van der Waals surface area contributed by atoms with Gasteiger partial charge >= 0.3 is 5.97 Å². The molecular weight excluding hydrogens is 320 g/mol. The van der Waals surface area contributed by atoms with Crippen LogP contribution in [0.2, 0.25) is 0 Å². The summed E-state index contributed by atoms with van der Waals surface area (Å²) in [6.45, 7) is 5.41. The van der Waals surface area contributed by atoms with E-state index in [9.17, 15) is 14.4 Å². The van der Waals surface area contributed by atoms with Gasteiger partial charge in [-0.25, -0.2) is 0 Å². The standard InChI is InChI=1S/C19H26N2O4/c1-13-7-9-16(10-8-13)19(24)20-11-18(23)25-12-17(22)21-14(2)5-4-6-15(21)3/h7-10,14-15H,4-6,11-12H2,1-3H3,(H,20,24). The van der Waals surface area contributed by atoms with Gasteiger partial charge in [0.15, 0.2) is 6.61 Å². The number of piperidine rings is 1. The Bertz CT molecular complexity index is 617. The Morgan fingerprint density at radius 1 is 1.12 bits per heavy atom. The first-order valence-corrected chi connectivity index (χ1v) is 8.70. The average Bonchev–Trinajstić information content (AvgIpc) is 2.58. The van der Waals surface area contributed by atoms with E-state index in [0.29, 0.717) is 5.56 Å². The summed E-state index contributed by atoms with van der Waals surface area (Å²) in [5.41, 5.74) is 1.53. The number of likely N-dealkylation sites (tertiary alicyclic amines) is 1. The van der Waals surface area contributed by atoms with Crippen molar-refractivity contribution in [1.29, 1.82) is 0 Å². The van der Waals surface area contributed by atoms with Gasteiger partial charge in [0.2, 0.25) is 0 Å².